The van der Waals surface area contributed by atoms with Gasteiger partial charge in [0.1, 0.15) is 0 Å². The lowest BCUT2D eigenvalue weighted by atomic mass is 10.2. The van der Waals surface area contributed by atoms with Crippen LogP contribution in [0.3, 0.4) is 0 Å². The van der Waals surface area contributed by atoms with E-state index in [-0.39, 0.29) is 0 Å². The number of rotatable bonds is 6. The molecule has 1 heterocycles. The molecule has 0 fully saturated rings. The van der Waals surface area contributed by atoms with Crippen molar-refractivity contribution in [3.63, 3.8) is 0 Å². The van der Waals surface area contributed by atoms with Crippen LogP contribution in [0.4, 0.5) is 0 Å². The molecule has 0 unspecified atom stereocenters. The van der Waals surface area contributed by atoms with Crippen molar-refractivity contribution in [2.75, 3.05) is 6.54 Å². The average Bonchev–Trinajstić information content (AvgIpc) is 2.86. The van der Waals surface area contributed by atoms with Gasteiger partial charge in [0.05, 0.1) is 10.6 Å². The van der Waals surface area contributed by atoms with E-state index in [1.54, 1.807) is 18.2 Å². The van der Waals surface area contributed by atoms with E-state index in [0.717, 1.165) is 19.4 Å². The molecule has 0 saturated heterocycles. The van der Waals surface area contributed by atoms with Gasteiger partial charge in [-0.2, -0.15) is 0 Å². The van der Waals surface area contributed by atoms with Crippen LogP contribution in [-0.2, 0) is 6.42 Å². The summed E-state index contributed by atoms with van der Waals surface area (Å²) in [6.45, 7) is 5.16. The molecule has 0 amide bonds. The molecule has 1 aromatic carbocycles. The van der Waals surface area contributed by atoms with Gasteiger partial charge in [-0.15, -0.1) is 10.2 Å². The molecule has 0 radical (unpaired) electrons. The topological polar surface area (TPSA) is 51.0 Å². The van der Waals surface area contributed by atoms with E-state index in [9.17, 15) is 0 Å². The summed E-state index contributed by atoms with van der Waals surface area (Å²) in [6.07, 6.45) is 1.69. The lowest BCUT2D eigenvalue weighted by Gasteiger charge is -2.05. The van der Waals surface area contributed by atoms with Gasteiger partial charge in [0.25, 0.3) is 0 Å². The Labute approximate surface area is 128 Å². The summed E-state index contributed by atoms with van der Waals surface area (Å²) in [4.78, 5) is 0. The number of nitrogens with zero attached hydrogens (tertiary/aromatic N) is 2. The van der Waals surface area contributed by atoms with Gasteiger partial charge in [-0.3, -0.25) is 0 Å². The van der Waals surface area contributed by atoms with Crippen LogP contribution in [0.15, 0.2) is 22.6 Å². The van der Waals surface area contributed by atoms with Crippen LogP contribution in [-0.4, -0.2) is 22.8 Å². The average molecular weight is 314 g/mol. The third-order valence-corrected chi connectivity index (χ3v) is 3.31. The summed E-state index contributed by atoms with van der Waals surface area (Å²) >= 11 is 12.1. The summed E-state index contributed by atoms with van der Waals surface area (Å²) in [5, 5.41) is 12.5. The number of benzene rings is 1. The molecule has 108 valence electrons. The lowest BCUT2D eigenvalue weighted by Crippen LogP contribution is -2.23. The summed E-state index contributed by atoms with van der Waals surface area (Å²) in [7, 11) is 0. The molecule has 0 aliphatic carbocycles. The smallest absolute Gasteiger partial charge is 0.249 e. The maximum Gasteiger partial charge on any atom is 0.249 e. The van der Waals surface area contributed by atoms with Crippen LogP contribution in [0.2, 0.25) is 10.0 Å². The van der Waals surface area contributed by atoms with E-state index in [0.29, 0.717) is 33.4 Å². The zero-order valence-corrected chi connectivity index (χ0v) is 13.0. The van der Waals surface area contributed by atoms with E-state index in [1.807, 2.05) is 0 Å². The summed E-state index contributed by atoms with van der Waals surface area (Å²) in [5.41, 5.74) is 0.665. The number of aromatic nitrogens is 2. The molecule has 1 aromatic heterocycles. The highest BCUT2D eigenvalue weighted by molar-refractivity contribution is 6.35. The molecule has 0 aliphatic heterocycles. The normalized spacial score (nSPS) is 11.2. The molecule has 4 nitrogen and oxygen atoms in total. The standard InChI is InChI=1S/C14H17Cl2N3O/c1-9(2)17-7-3-4-13-18-19-14(20-13)11-8-10(15)5-6-12(11)16/h5-6,8-9,17H,3-4,7H2,1-2H3. The Morgan fingerprint density at radius 2 is 2.05 bits per heavy atom. The van der Waals surface area contributed by atoms with Crippen LogP contribution >= 0.6 is 23.2 Å². The van der Waals surface area contributed by atoms with E-state index in [2.05, 4.69) is 29.4 Å². The quantitative estimate of drug-likeness (QED) is 0.820. The Kier molecular flexibility index (Phi) is 5.40. The fourth-order valence-corrected chi connectivity index (χ4v) is 2.13. The van der Waals surface area contributed by atoms with Gasteiger partial charge >= 0.3 is 0 Å². The molecule has 0 atom stereocenters. The Morgan fingerprint density at radius 3 is 2.80 bits per heavy atom. The minimum atomic E-state index is 0.407. The predicted molar refractivity (Wildman–Crippen MR) is 81.2 cm³/mol. The monoisotopic (exact) mass is 313 g/mol. The van der Waals surface area contributed by atoms with Gasteiger partial charge in [-0.25, -0.2) is 0 Å². The van der Waals surface area contributed by atoms with Crippen LogP contribution < -0.4 is 5.32 Å². The van der Waals surface area contributed by atoms with Crippen molar-refractivity contribution < 1.29 is 4.42 Å². The van der Waals surface area contributed by atoms with E-state index < -0.39 is 0 Å². The first-order valence-electron chi connectivity index (χ1n) is 6.57. The molecule has 2 rings (SSSR count). The highest BCUT2D eigenvalue weighted by Gasteiger charge is 2.12. The molecule has 0 saturated carbocycles. The molecule has 20 heavy (non-hydrogen) atoms. The Balaban J connectivity index is 2.00. The van der Waals surface area contributed by atoms with Gasteiger partial charge in [0.2, 0.25) is 11.8 Å². The first kappa shape index (κ1) is 15.3. The third-order valence-electron chi connectivity index (χ3n) is 2.75. The van der Waals surface area contributed by atoms with E-state index in [4.69, 9.17) is 27.6 Å². The Hall–Kier alpha value is -1.10. The number of aryl methyl sites for hydroxylation is 1. The number of nitrogens with one attached hydrogen (secondary N) is 1. The SMILES string of the molecule is CC(C)NCCCc1nnc(-c2cc(Cl)ccc2Cl)o1. The molecule has 0 aliphatic rings. The first-order chi connectivity index (χ1) is 9.56. The van der Waals surface area contributed by atoms with Crippen molar-refractivity contribution in [3.05, 3.63) is 34.1 Å². The lowest BCUT2D eigenvalue weighted by molar-refractivity contribution is 0.484. The fraction of sp³-hybridized carbons (Fsp3) is 0.429. The van der Waals surface area contributed by atoms with E-state index >= 15 is 0 Å². The molecule has 2 aromatic rings. The second-order valence-electron chi connectivity index (χ2n) is 4.84. The number of hydrogen-bond acceptors (Lipinski definition) is 4. The van der Waals surface area contributed by atoms with Crippen molar-refractivity contribution >= 4 is 23.2 Å². The van der Waals surface area contributed by atoms with Crippen LogP contribution in [0.25, 0.3) is 11.5 Å². The highest BCUT2D eigenvalue weighted by Crippen LogP contribution is 2.29. The van der Waals surface area contributed by atoms with E-state index in [1.165, 1.54) is 0 Å². The minimum absolute atomic E-state index is 0.407. The van der Waals surface area contributed by atoms with Crippen LogP contribution in [0.5, 0.6) is 0 Å². The van der Waals surface area contributed by atoms with Crippen molar-refractivity contribution in [2.24, 2.45) is 0 Å². The zero-order chi connectivity index (χ0) is 14.5. The Bertz CT molecular complexity index is 569. The summed E-state index contributed by atoms with van der Waals surface area (Å²) in [5.74, 6) is 1.02. The van der Waals surface area contributed by atoms with Crippen molar-refractivity contribution in [1.29, 1.82) is 0 Å². The highest BCUT2D eigenvalue weighted by atomic mass is 35.5. The van der Waals surface area contributed by atoms with Crippen molar-refractivity contribution in [2.45, 2.75) is 32.7 Å². The number of hydrogen-bond donors (Lipinski definition) is 1. The first-order valence-corrected chi connectivity index (χ1v) is 7.33. The van der Waals surface area contributed by atoms with Gasteiger partial charge in [-0.05, 0) is 31.2 Å². The maximum atomic E-state index is 6.11. The van der Waals surface area contributed by atoms with Crippen molar-refractivity contribution in [3.8, 4) is 11.5 Å². The minimum Gasteiger partial charge on any atom is -0.421 e. The molecule has 6 heteroatoms. The van der Waals surface area contributed by atoms with Crippen LogP contribution in [0.1, 0.15) is 26.2 Å². The summed E-state index contributed by atoms with van der Waals surface area (Å²) < 4.78 is 5.62. The maximum absolute atomic E-state index is 6.11. The fourth-order valence-electron chi connectivity index (χ4n) is 1.76. The van der Waals surface area contributed by atoms with Gasteiger partial charge in [-0.1, -0.05) is 37.0 Å². The van der Waals surface area contributed by atoms with Gasteiger partial charge in [0.15, 0.2) is 0 Å². The second kappa shape index (κ2) is 7.07. The van der Waals surface area contributed by atoms with Gasteiger partial charge in [0, 0.05) is 17.5 Å². The molecule has 0 spiro atoms. The molecular weight excluding hydrogens is 297 g/mol. The molecule has 0 bridgehead atoms. The van der Waals surface area contributed by atoms with Crippen molar-refractivity contribution in [1.82, 2.24) is 15.5 Å². The Morgan fingerprint density at radius 1 is 1.25 bits per heavy atom. The number of halogens is 2. The van der Waals surface area contributed by atoms with Gasteiger partial charge < -0.3 is 9.73 Å². The summed E-state index contributed by atoms with van der Waals surface area (Å²) in [6, 6.07) is 5.65. The predicted octanol–water partition coefficient (Wildman–Crippen LogP) is 3.97. The third kappa shape index (κ3) is 4.20. The zero-order valence-electron chi connectivity index (χ0n) is 11.5. The molecule has 1 N–H and O–H groups in total. The van der Waals surface area contributed by atoms with Crippen LogP contribution in [0, 0.1) is 0 Å². The second-order valence-corrected chi connectivity index (χ2v) is 5.68. The molecular formula is C14H17Cl2N3O. The largest absolute Gasteiger partial charge is 0.421 e.